The summed E-state index contributed by atoms with van der Waals surface area (Å²) in [7, 11) is -1.81. The summed E-state index contributed by atoms with van der Waals surface area (Å²) in [5, 5.41) is 22.8. The smallest absolute Gasteiger partial charge is 0.445 e. The molecule has 0 aromatic heterocycles. The van der Waals surface area contributed by atoms with Gasteiger partial charge in [-0.1, -0.05) is 36.4 Å². The van der Waals surface area contributed by atoms with Crippen LogP contribution in [-0.2, 0) is 11.3 Å². The van der Waals surface area contributed by atoms with Crippen LogP contribution in [0.25, 0.3) is 0 Å². The fraction of sp³-hybridized carbons (Fsp3) is 0.176. The summed E-state index contributed by atoms with van der Waals surface area (Å²) in [6.07, 6.45) is -0.629. The largest absolute Gasteiger partial charge is 0.488 e. The number of nitrogens with one attached hydrogen (secondary N) is 2. The molecule has 136 valence electrons. The van der Waals surface area contributed by atoms with E-state index in [2.05, 4.69) is 10.6 Å². The van der Waals surface area contributed by atoms with Crippen molar-refractivity contribution >= 4 is 24.6 Å². The van der Waals surface area contributed by atoms with Gasteiger partial charge in [0.25, 0.3) is 5.91 Å². The van der Waals surface area contributed by atoms with Crippen molar-refractivity contribution in [2.75, 3.05) is 13.1 Å². The second-order valence-electron chi connectivity index (χ2n) is 5.36. The Labute approximate surface area is 149 Å². The van der Waals surface area contributed by atoms with Gasteiger partial charge < -0.3 is 25.4 Å². The monoisotopic (exact) mass is 360 g/mol. The molecule has 2 aromatic rings. The Kier molecular flexibility index (Phi) is 7.13. The molecular formula is C17H18BFN2O5. The summed E-state index contributed by atoms with van der Waals surface area (Å²) < 4.78 is 18.8. The summed E-state index contributed by atoms with van der Waals surface area (Å²) in [4.78, 5) is 23.4. The average Bonchev–Trinajstić information content (AvgIpc) is 2.64. The number of ether oxygens (including phenoxy) is 1. The molecule has 0 radical (unpaired) electrons. The molecule has 7 nitrogen and oxygen atoms in total. The van der Waals surface area contributed by atoms with Gasteiger partial charge in [0, 0.05) is 13.1 Å². The number of carbonyl (C=O) groups excluding carboxylic acids is 2. The second kappa shape index (κ2) is 9.55. The lowest BCUT2D eigenvalue weighted by atomic mass is 9.80. The van der Waals surface area contributed by atoms with E-state index in [1.54, 1.807) is 0 Å². The maximum Gasteiger partial charge on any atom is 0.488 e. The number of rotatable bonds is 7. The molecule has 0 heterocycles. The van der Waals surface area contributed by atoms with Crippen LogP contribution in [0, 0.1) is 5.82 Å². The van der Waals surface area contributed by atoms with E-state index in [1.807, 2.05) is 30.3 Å². The van der Waals surface area contributed by atoms with Crippen LogP contribution < -0.4 is 16.1 Å². The first-order chi connectivity index (χ1) is 12.5. The summed E-state index contributed by atoms with van der Waals surface area (Å²) in [5.41, 5.74) is 0.561. The van der Waals surface area contributed by atoms with E-state index in [0.29, 0.717) is 0 Å². The molecule has 0 fully saturated rings. The lowest BCUT2D eigenvalue weighted by Gasteiger charge is -2.09. The van der Waals surface area contributed by atoms with Crippen molar-refractivity contribution < 1.29 is 28.8 Å². The van der Waals surface area contributed by atoms with E-state index in [9.17, 15) is 14.0 Å². The minimum absolute atomic E-state index is 0.0538. The van der Waals surface area contributed by atoms with Crippen LogP contribution in [0.3, 0.4) is 0 Å². The van der Waals surface area contributed by atoms with Gasteiger partial charge in [0.05, 0.1) is 5.56 Å². The Morgan fingerprint density at radius 2 is 1.73 bits per heavy atom. The van der Waals surface area contributed by atoms with Crippen LogP contribution in [-0.4, -0.2) is 42.3 Å². The zero-order valence-corrected chi connectivity index (χ0v) is 13.8. The number of benzene rings is 2. The van der Waals surface area contributed by atoms with E-state index >= 15 is 0 Å². The molecule has 0 saturated carbocycles. The van der Waals surface area contributed by atoms with E-state index in [1.165, 1.54) is 6.07 Å². The number of alkyl carbamates (subject to hydrolysis) is 1. The maximum absolute atomic E-state index is 13.8. The molecule has 2 aromatic carbocycles. The fourth-order valence-electron chi connectivity index (χ4n) is 2.09. The van der Waals surface area contributed by atoms with Gasteiger partial charge in [-0.25, -0.2) is 9.18 Å². The van der Waals surface area contributed by atoms with Gasteiger partial charge in [-0.15, -0.1) is 0 Å². The lowest BCUT2D eigenvalue weighted by molar-refractivity contribution is 0.0947. The zero-order chi connectivity index (χ0) is 18.9. The minimum Gasteiger partial charge on any atom is -0.445 e. The standard InChI is InChI=1S/C17H18BFN2O5/c19-15-10-13(18(24)25)6-7-14(15)16(22)20-8-9-21-17(23)26-11-12-4-2-1-3-5-12/h1-7,10,24-25H,8-9,11H2,(H,20,22)(H,21,23). The molecule has 0 bridgehead atoms. The third-order valence-electron chi connectivity index (χ3n) is 3.43. The van der Waals surface area contributed by atoms with Gasteiger partial charge >= 0.3 is 13.2 Å². The summed E-state index contributed by atoms with van der Waals surface area (Å²) in [6.45, 7) is 0.310. The topological polar surface area (TPSA) is 108 Å². The van der Waals surface area contributed by atoms with E-state index in [-0.39, 0.29) is 30.7 Å². The van der Waals surface area contributed by atoms with Gasteiger partial charge in [-0.3, -0.25) is 4.79 Å². The maximum atomic E-state index is 13.8. The Balaban J connectivity index is 1.70. The van der Waals surface area contributed by atoms with E-state index < -0.39 is 24.9 Å². The fourth-order valence-corrected chi connectivity index (χ4v) is 2.09. The molecule has 0 aliphatic carbocycles. The minimum atomic E-state index is -1.81. The lowest BCUT2D eigenvalue weighted by Crippen LogP contribution is -2.36. The highest BCUT2D eigenvalue weighted by atomic mass is 19.1. The van der Waals surface area contributed by atoms with Crippen LogP contribution in [0.2, 0.25) is 0 Å². The molecule has 26 heavy (non-hydrogen) atoms. The number of hydrogen-bond donors (Lipinski definition) is 4. The Hall–Kier alpha value is -2.91. The molecule has 4 N–H and O–H groups in total. The van der Waals surface area contributed by atoms with Crippen LogP contribution in [0.1, 0.15) is 15.9 Å². The van der Waals surface area contributed by atoms with Crippen molar-refractivity contribution in [3.8, 4) is 0 Å². The zero-order valence-electron chi connectivity index (χ0n) is 13.8. The van der Waals surface area contributed by atoms with Gasteiger partial charge in [-0.05, 0) is 23.2 Å². The first-order valence-electron chi connectivity index (χ1n) is 7.85. The Bertz CT molecular complexity index is 758. The molecule has 0 atom stereocenters. The van der Waals surface area contributed by atoms with Crippen molar-refractivity contribution in [3.05, 3.63) is 65.5 Å². The van der Waals surface area contributed by atoms with E-state index in [0.717, 1.165) is 17.7 Å². The highest BCUT2D eigenvalue weighted by Crippen LogP contribution is 2.05. The Morgan fingerprint density at radius 1 is 1.04 bits per heavy atom. The molecule has 2 amide bonds. The van der Waals surface area contributed by atoms with Gasteiger partial charge in [-0.2, -0.15) is 0 Å². The summed E-state index contributed by atoms with van der Waals surface area (Å²) >= 11 is 0. The molecule has 0 spiro atoms. The number of halogens is 1. The van der Waals surface area contributed by atoms with Crippen LogP contribution in [0.15, 0.2) is 48.5 Å². The van der Waals surface area contributed by atoms with Crippen LogP contribution in [0.5, 0.6) is 0 Å². The highest BCUT2D eigenvalue weighted by molar-refractivity contribution is 6.58. The molecular weight excluding hydrogens is 342 g/mol. The van der Waals surface area contributed by atoms with E-state index in [4.69, 9.17) is 14.8 Å². The first-order valence-corrected chi connectivity index (χ1v) is 7.85. The number of hydrogen-bond acceptors (Lipinski definition) is 5. The van der Waals surface area contributed by atoms with Crippen molar-refractivity contribution in [2.24, 2.45) is 0 Å². The van der Waals surface area contributed by atoms with Crippen LogP contribution in [0.4, 0.5) is 9.18 Å². The molecule has 0 unspecified atom stereocenters. The van der Waals surface area contributed by atoms with Gasteiger partial charge in [0.15, 0.2) is 0 Å². The third-order valence-corrected chi connectivity index (χ3v) is 3.43. The molecule has 9 heteroatoms. The van der Waals surface area contributed by atoms with Gasteiger partial charge in [0.2, 0.25) is 0 Å². The summed E-state index contributed by atoms with van der Waals surface area (Å²) in [5.74, 6) is -1.55. The molecule has 0 saturated heterocycles. The molecule has 0 aliphatic heterocycles. The summed E-state index contributed by atoms with van der Waals surface area (Å²) in [6, 6.07) is 12.4. The average molecular weight is 360 g/mol. The predicted molar refractivity (Wildman–Crippen MR) is 93.2 cm³/mol. The first kappa shape index (κ1) is 19.4. The number of carbonyl (C=O) groups is 2. The molecule has 0 aliphatic rings. The normalized spacial score (nSPS) is 10.1. The van der Waals surface area contributed by atoms with Crippen molar-refractivity contribution in [3.63, 3.8) is 0 Å². The highest BCUT2D eigenvalue weighted by Gasteiger charge is 2.16. The quantitative estimate of drug-likeness (QED) is 0.416. The van der Waals surface area contributed by atoms with Gasteiger partial charge in [0.1, 0.15) is 12.4 Å². The number of amides is 2. The van der Waals surface area contributed by atoms with Crippen molar-refractivity contribution in [1.29, 1.82) is 0 Å². The second-order valence-corrected chi connectivity index (χ2v) is 5.36. The Morgan fingerprint density at radius 3 is 2.38 bits per heavy atom. The SMILES string of the molecule is O=C(NCCNC(=O)c1ccc(B(O)O)cc1F)OCc1ccccc1. The van der Waals surface area contributed by atoms with Crippen LogP contribution >= 0.6 is 0 Å². The third kappa shape index (κ3) is 5.87. The van der Waals surface area contributed by atoms with Crippen molar-refractivity contribution in [2.45, 2.75) is 6.61 Å². The predicted octanol–water partition coefficient (Wildman–Crippen LogP) is 0.162. The van der Waals surface area contributed by atoms with Crippen molar-refractivity contribution in [1.82, 2.24) is 10.6 Å². The molecule has 2 rings (SSSR count).